The Morgan fingerprint density at radius 2 is 1.84 bits per heavy atom. The van der Waals surface area contributed by atoms with Crippen LogP contribution in [-0.2, 0) is 10.0 Å². The second-order valence-corrected chi connectivity index (χ2v) is 6.91. The van der Waals surface area contributed by atoms with Gasteiger partial charge in [0.2, 0.25) is 10.0 Å². The van der Waals surface area contributed by atoms with Gasteiger partial charge in [0, 0.05) is 19.2 Å². The highest BCUT2D eigenvalue weighted by Crippen LogP contribution is 2.16. The summed E-state index contributed by atoms with van der Waals surface area (Å²) in [6, 6.07) is 6.35. The summed E-state index contributed by atoms with van der Waals surface area (Å²) in [6.07, 6.45) is 2.97. The molecule has 4 nitrogen and oxygen atoms in total. The molecule has 0 aliphatic carbocycles. The number of thiocarbonyl (C=S) groups is 1. The van der Waals surface area contributed by atoms with Gasteiger partial charge in [0.15, 0.2) is 0 Å². The predicted molar refractivity (Wildman–Crippen MR) is 81.7 cm³/mol. The zero-order valence-electron chi connectivity index (χ0n) is 11.3. The number of sulfonamides is 1. The summed E-state index contributed by atoms with van der Waals surface area (Å²) in [6.45, 7) is 2.62. The molecule has 1 aromatic carbocycles. The minimum Gasteiger partial charge on any atom is -0.389 e. The predicted octanol–water partition coefficient (Wildman–Crippen LogP) is 2.13. The molecule has 0 saturated heterocycles. The lowest BCUT2D eigenvalue weighted by Gasteiger charge is -2.17. The lowest BCUT2D eigenvalue weighted by atomic mass is 10.2. The van der Waals surface area contributed by atoms with Crippen LogP contribution < -0.4 is 5.73 Å². The molecule has 0 aromatic heterocycles. The van der Waals surface area contributed by atoms with Gasteiger partial charge in [-0.1, -0.05) is 44.1 Å². The van der Waals surface area contributed by atoms with Crippen LogP contribution in [0.5, 0.6) is 0 Å². The van der Waals surface area contributed by atoms with Crippen molar-refractivity contribution in [1.29, 1.82) is 0 Å². The van der Waals surface area contributed by atoms with Gasteiger partial charge in [0.1, 0.15) is 4.99 Å². The van der Waals surface area contributed by atoms with E-state index in [0.717, 1.165) is 19.3 Å². The highest BCUT2D eigenvalue weighted by atomic mass is 32.2. The molecule has 0 unspecified atom stereocenters. The molecule has 2 N–H and O–H groups in total. The molecule has 0 radical (unpaired) electrons. The number of nitrogens with two attached hydrogens (primary N) is 1. The van der Waals surface area contributed by atoms with Crippen LogP contribution >= 0.6 is 12.2 Å². The summed E-state index contributed by atoms with van der Waals surface area (Å²) in [5.41, 5.74) is 6.15. The SMILES string of the molecule is CCCCCN(C)S(=O)(=O)c1ccc(C(N)=S)cc1. The van der Waals surface area contributed by atoms with Crippen LogP contribution in [0.1, 0.15) is 31.7 Å². The van der Waals surface area contributed by atoms with Crippen LogP contribution in [0.3, 0.4) is 0 Å². The molecule has 6 heteroatoms. The zero-order valence-corrected chi connectivity index (χ0v) is 12.9. The van der Waals surface area contributed by atoms with Gasteiger partial charge in [0.05, 0.1) is 4.90 Å². The summed E-state index contributed by atoms with van der Waals surface area (Å²) in [5.74, 6) is 0. The molecule has 0 amide bonds. The Balaban J connectivity index is 2.84. The highest BCUT2D eigenvalue weighted by molar-refractivity contribution is 7.89. The number of unbranched alkanes of at least 4 members (excludes halogenated alkanes) is 2. The van der Waals surface area contributed by atoms with Crippen LogP contribution in [-0.4, -0.2) is 31.3 Å². The van der Waals surface area contributed by atoms with Crippen molar-refractivity contribution >= 4 is 27.2 Å². The Bertz CT molecular complexity index is 524. The molecule has 0 spiro atoms. The van der Waals surface area contributed by atoms with Crippen molar-refractivity contribution in [3.05, 3.63) is 29.8 Å². The minimum absolute atomic E-state index is 0.264. The molecular formula is C13H20N2O2S2. The number of rotatable bonds is 7. The number of nitrogens with zero attached hydrogens (tertiary/aromatic N) is 1. The van der Waals surface area contributed by atoms with Crippen LogP contribution in [0.2, 0.25) is 0 Å². The maximum Gasteiger partial charge on any atom is 0.242 e. The first-order valence-corrected chi connectivity index (χ1v) is 8.10. The average Bonchev–Trinajstić information content (AvgIpc) is 2.39. The van der Waals surface area contributed by atoms with E-state index in [1.807, 2.05) is 0 Å². The molecule has 0 fully saturated rings. The largest absolute Gasteiger partial charge is 0.389 e. The van der Waals surface area contributed by atoms with Crippen LogP contribution in [0.25, 0.3) is 0 Å². The molecule has 19 heavy (non-hydrogen) atoms. The Labute approximate surface area is 120 Å². The van der Waals surface area contributed by atoms with E-state index in [0.29, 0.717) is 12.1 Å². The summed E-state index contributed by atoms with van der Waals surface area (Å²) in [4.78, 5) is 0.534. The summed E-state index contributed by atoms with van der Waals surface area (Å²) in [5, 5.41) is 0. The normalized spacial score (nSPS) is 11.7. The topological polar surface area (TPSA) is 63.4 Å². The first-order chi connectivity index (χ1) is 8.89. The quantitative estimate of drug-likeness (QED) is 0.619. The Kier molecular flexibility index (Phi) is 5.90. The van der Waals surface area contributed by atoms with Crippen molar-refractivity contribution < 1.29 is 8.42 Å². The van der Waals surface area contributed by atoms with E-state index in [9.17, 15) is 8.42 Å². The highest BCUT2D eigenvalue weighted by Gasteiger charge is 2.19. The van der Waals surface area contributed by atoms with Gasteiger partial charge in [-0.05, 0) is 18.6 Å². The molecule has 0 aliphatic heterocycles. The Hall–Kier alpha value is -0.980. The van der Waals surface area contributed by atoms with Crippen molar-refractivity contribution in [3.63, 3.8) is 0 Å². The number of hydrogen-bond acceptors (Lipinski definition) is 3. The van der Waals surface area contributed by atoms with Crippen LogP contribution in [0, 0.1) is 0 Å². The first kappa shape index (κ1) is 16.1. The van der Waals surface area contributed by atoms with E-state index < -0.39 is 10.0 Å². The van der Waals surface area contributed by atoms with Gasteiger partial charge in [-0.3, -0.25) is 0 Å². The summed E-state index contributed by atoms with van der Waals surface area (Å²) in [7, 11) is -1.81. The van der Waals surface area contributed by atoms with Gasteiger partial charge in [-0.2, -0.15) is 0 Å². The fourth-order valence-corrected chi connectivity index (χ4v) is 3.02. The van der Waals surface area contributed by atoms with E-state index in [2.05, 4.69) is 6.92 Å². The third-order valence-corrected chi connectivity index (χ3v) is 5.03. The second-order valence-electron chi connectivity index (χ2n) is 4.42. The van der Waals surface area contributed by atoms with Gasteiger partial charge >= 0.3 is 0 Å². The molecule has 0 saturated carbocycles. The van der Waals surface area contributed by atoms with Crippen molar-refractivity contribution in [2.24, 2.45) is 5.73 Å². The monoisotopic (exact) mass is 300 g/mol. The van der Waals surface area contributed by atoms with E-state index in [1.165, 1.54) is 4.31 Å². The van der Waals surface area contributed by atoms with Gasteiger partial charge in [-0.15, -0.1) is 0 Å². The molecular weight excluding hydrogens is 280 g/mol. The van der Waals surface area contributed by atoms with Crippen molar-refractivity contribution in [3.8, 4) is 0 Å². The number of benzene rings is 1. The molecule has 0 atom stereocenters. The third-order valence-electron chi connectivity index (χ3n) is 2.92. The van der Waals surface area contributed by atoms with Crippen LogP contribution in [0.15, 0.2) is 29.2 Å². The van der Waals surface area contributed by atoms with Crippen molar-refractivity contribution in [1.82, 2.24) is 4.31 Å². The van der Waals surface area contributed by atoms with Gasteiger partial charge in [-0.25, -0.2) is 12.7 Å². The molecule has 0 heterocycles. The van der Waals surface area contributed by atoms with Crippen molar-refractivity contribution in [2.45, 2.75) is 31.1 Å². The van der Waals surface area contributed by atoms with E-state index >= 15 is 0 Å². The lowest BCUT2D eigenvalue weighted by Crippen LogP contribution is -2.28. The Morgan fingerprint density at radius 3 is 2.32 bits per heavy atom. The molecule has 106 valence electrons. The summed E-state index contributed by atoms with van der Waals surface area (Å²) < 4.78 is 25.9. The fraction of sp³-hybridized carbons (Fsp3) is 0.462. The zero-order chi connectivity index (χ0) is 14.5. The van der Waals surface area contributed by atoms with E-state index in [1.54, 1.807) is 31.3 Å². The van der Waals surface area contributed by atoms with Crippen LogP contribution in [0.4, 0.5) is 0 Å². The molecule has 1 rings (SSSR count). The third kappa shape index (κ3) is 4.26. The average molecular weight is 300 g/mol. The summed E-state index contributed by atoms with van der Waals surface area (Å²) >= 11 is 4.84. The molecule has 0 bridgehead atoms. The van der Waals surface area contributed by atoms with Gasteiger partial charge in [0.25, 0.3) is 0 Å². The number of hydrogen-bond donors (Lipinski definition) is 1. The minimum atomic E-state index is -3.41. The maximum absolute atomic E-state index is 12.3. The lowest BCUT2D eigenvalue weighted by molar-refractivity contribution is 0.454. The second kappa shape index (κ2) is 6.98. The maximum atomic E-state index is 12.3. The van der Waals surface area contributed by atoms with E-state index in [-0.39, 0.29) is 9.88 Å². The fourth-order valence-electron chi connectivity index (χ4n) is 1.68. The smallest absolute Gasteiger partial charge is 0.242 e. The first-order valence-electron chi connectivity index (χ1n) is 6.25. The van der Waals surface area contributed by atoms with Crippen molar-refractivity contribution in [2.75, 3.05) is 13.6 Å². The standard InChI is InChI=1S/C13H20N2O2S2/c1-3-4-5-10-15(2)19(16,17)12-8-6-11(7-9-12)13(14)18/h6-9H,3-5,10H2,1-2H3,(H2,14,18). The van der Waals surface area contributed by atoms with E-state index in [4.69, 9.17) is 18.0 Å². The van der Waals surface area contributed by atoms with Gasteiger partial charge < -0.3 is 5.73 Å². The Morgan fingerprint density at radius 1 is 1.26 bits per heavy atom. The molecule has 1 aromatic rings. The molecule has 0 aliphatic rings.